The van der Waals surface area contributed by atoms with Gasteiger partial charge in [0.2, 0.25) is 0 Å². The molecule has 0 radical (unpaired) electrons. The summed E-state index contributed by atoms with van der Waals surface area (Å²) in [6.45, 7) is 3.75. The monoisotopic (exact) mass is 360 g/mol. The number of carboxylic acid groups (broad SMARTS) is 1. The number of rotatable bonds is 3. The molecule has 3 rings (SSSR count). The number of aromatic carboxylic acids is 1. The van der Waals surface area contributed by atoms with Crippen LogP contribution in [0.2, 0.25) is 0 Å². The van der Waals surface area contributed by atoms with Crippen LogP contribution in [0.15, 0.2) is 35.2 Å². The van der Waals surface area contributed by atoms with Crippen molar-refractivity contribution in [1.29, 1.82) is 0 Å². The molecule has 0 saturated carbocycles. The highest BCUT2D eigenvalue weighted by atomic mass is 79.9. The number of hydrogen-bond acceptors (Lipinski definition) is 4. The van der Waals surface area contributed by atoms with Gasteiger partial charge in [0.15, 0.2) is 5.82 Å². The number of nitrogens with zero attached hydrogens (tertiary/aromatic N) is 3. The summed E-state index contributed by atoms with van der Waals surface area (Å²) in [5.74, 6) is -0.407. The quantitative estimate of drug-likeness (QED) is 0.746. The van der Waals surface area contributed by atoms with E-state index >= 15 is 0 Å². The molecule has 2 heterocycles. The van der Waals surface area contributed by atoms with Crippen LogP contribution in [0.25, 0.3) is 5.52 Å². The number of hydrogen-bond donors (Lipinski definition) is 2. The number of aromatic nitrogens is 3. The van der Waals surface area contributed by atoms with Gasteiger partial charge in [-0.2, -0.15) is 5.10 Å². The molecule has 22 heavy (non-hydrogen) atoms. The number of benzene rings is 1. The molecular formula is C15H13BrN4O2. The zero-order valence-corrected chi connectivity index (χ0v) is 13.5. The van der Waals surface area contributed by atoms with Gasteiger partial charge in [0.1, 0.15) is 11.8 Å². The Bertz CT molecular complexity index is 889. The second-order valence-electron chi connectivity index (χ2n) is 4.96. The first-order valence-corrected chi connectivity index (χ1v) is 7.36. The molecule has 112 valence electrons. The van der Waals surface area contributed by atoms with E-state index in [-0.39, 0.29) is 5.56 Å². The third kappa shape index (κ3) is 2.43. The maximum Gasteiger partial charge on any atom is 0.337 e. The van der Waals surface area contributed by atoms with E-state index in [1.165, 1.54) is 17.0 Å². The third-order valence-electron chi connectivity index (χ3n) is 3.48. The number of carbonyl (C=O) groups is 1. The fourth-order valence-corrected chi connectivity index (χ4v) is 2.57. The zero-order valence-electron chi connectivity index (χ0n) is 12.0. The van der Waals surface area contributed by atoms with Crippen molar-refractivity contribution in [1.82, 2.24) is 14.6 Å². The molecule has 0 aliphatic rings. The molecule has 6 nitrogen and oxygen atoms in total. The van der Waals surface area contributed by atoms with Crippen LogP contribution in [0.3, 0.4) is 0 Å². The van der Waals surface area contributed by atoms with Crippen LogP contribution in [0, 0.1) is 13.8 Å². The van der Waals surface area contributed by atoms with Crippen molar-refractivity contribution < 1.29 is 9.90 Å². The Balaban J connectivity index is 2.10. The molecule has 0 unspecified atom stereocenters. The number of nitrogens with one attached hydrogen (secondary N) is 1. The minimum Gasteiger partial charge on any atom is -0.478 e. The molecule has 0 atom stereocenters. The molecule has 2 aromatic heterocycles. The van der Waals surface area contributed by atoms with E-state index in [1.54, 1.807) is 6.92 Å². The van der Waals surface area contributed by atoms with Crippen molar-refractivity contribution in [3.63, 3.8) is 0 Å². The normalized spacial score (nSPS) is 10.9. The van der Waals surface area contributed by atoms with Crippen LogP contribution in [0.5, 0.6) is 0 Å². The van der Waals surface area contributed by atoms with Gasteiger partial charge in [0, 0.05) is 16.4 Å². The van der Waals surface area contributed by atoms with Gasteiger partial charge in [0.25, 0.3) is 0 Å². The summed E-state index contributed by atoms with van der Waals surface area (Å²) in [6, 6.07) is 5.86. The predicted molar refractivity (Wildman–Crippen MR) is 86.8 cm³/mol. The molecule has 0 bridgehead atoms. The minimum atomic E-state index is -0.978. The van der Waals surface area contributed by atoms with Crippen LogP contribution in [0.1, 0.15) is 21.5 Å². The summed E-state index contributed by atoms with van der Waals surface area (Å²) < 4.78 is 2.55. The molecular weight excluding hydrogens is 348 g/mol. The number of anilines is 2. The molecule has 0 spiro atoms. The fraction of sp³-hybridized carbons (Fsp3) is 0.133. The zero-order chi connectivity index (χ0) is 15.9. The van der Waals surface area contributed by atoms with Crippen LogP contribution in [-0.4, -0.2) is 25.7 Å². The summed E-state index contributed by atoms with van der Waals surface area (Å²) in [7, 11) is 0. The highest BCUT2D eigenvalue weighted by Gasteiger charge is 2.17. The first kappa shape index (κ1) is 14.5. The summed E-state index contributed by atoms with van der Waals surface area (Å²) in [4.78, 5) is 15.5. The van der Waals surface area contributed by atoms with Crippen LogP contribution in [0.4, 0.5) is 11.5 Å². The van der Waals surface area contributed by atoms with Gasteiger partial charge in [-0.3, -0.25) is 0 Å². The average Bonchev–Trinajstić information content (AvgIpc) is 2.81. The van der Waals surface area contributed by atoms with Crippen molar-refractivity contribution >= 4 is 38.9 Å². The number of carboxylic acids is 1. The SMILES string of the molecule is Cc1cc(Nc2ncnn3cc(C(=O)O)c(C)c23)ccc1Br. The smallest absolute Gasteiger partial charge is 0.337 e. The summed E-state index contributed by atoms with van der Waals surface area (Å²) in [5, 5.41) is 16.5. The van der Waals surface area contributed by atoms with E-state index in [0.717, 1.165) is 15.7 Å². The molecule has 3 aromatic rings. The van der Waals surface area contributed by atoms with Crippen molar-refractivity contribution in [3.05, 3.63) is 51.9 Å². The number of aryl methyl sites for hydroxylation is 2. The van der Waals surface area contributed by atoms with E-state index in [2.05, 4.69) is 31.3 Å². The van der Waals surface area contributed by atoms with Crippen molar-refractivity contribution in [2.45, 2.75) is 13.8 Å². The highest BCUT2D eigenvalue weighted by molar-refractivity contribution is 9.10. The van der Waals surface area contributed by atoms with E-state index < -0.39 is 5.97 Å². The summed E-state index contributed by atoms with van der Waals surface area (Å²) in [6.07, 6.45) is 2.89. The van der Waals surface area contributed by atoms with Gasteiger partial charge in [0.05, 0.1) is 5.56 Å². The van der Waals surface area contributed by atoms with Crippen molar-refractivity contribution in [2.75, 3.05) is 5.32 Å². The lowest BCUT2D eigenvalue weighted by atomic mass is 10.2. The first-order chi connectivity index (χ1) is 10.5. The summed E-state index contributed by atoms with van der Waals surface area (Å²) in [5.41, 5.74) is 3.47. The lowest BCUT2D eigenvalue weighted by molar-refractivity contribution is 0.0696. The first-order valence-electron chi connectivity index (χ1n) is 6.57. The van der Waals surface area contributed by atoms with E-state index in [4.69, 9.17) is 0 Å². The number of halogens is 1. The Morgan fingerprint density at radius 3 is 2.82 bits per heavy atom. The van der Waals surface area contributed by atoms with Crippen LogP contribution >= 0.6 is 15.9 Å². The van der Waals surface area contributed by atoms with Gasteiger partial charge in [-0.15, -0.1) is 0 Å². The van der Waals surface area contributed by atoms with Crippen LogP contribution in [-0.2, 0) is 0 Å². The van der Waals surface area contributed by atoms with Crippen molar-refractivity contribution in [3.8, 4) is 0 Å². The Labute approximate surface area is 134 Å². The molecule has 0 amide bonds. The van der Waals surface area contributed by atoms with E-state index in [9.17, 15) is 9.90 Å². The lowest BCUT2D eigenvalue weighted by Crippen LogP contribution is -2.00. The average molecular weight is 361 g/mol. The fourth-order valence-electron chi connectivity index (χ4n) is 2.33. The maximum absolute atomic E-state index is 11.3. The van der Waals surface area contributed by atoms with Crippen LogP contribution < -0.4 is 5.32 Å². The van der Waals surface area contributed by atoms with Crippen molar-refractivity contribution in [2.24, 2.45) is 0 Å². The maximum atomic E-state index is 11.3. The lowest BCUT2D eigenvalue weighted by Gasteiger charge is -2.09. The molecule has 0 fully saturated rings. The predicted octanol–water partition coefficient (Wildman–Crippen LogP) is 3.55. The Kier molecular flexibility index (Phi) is 3.58. The van der Waals surface area contributed by atoms with Gasteiger partial charge in [-0.1, -0.05) is 15.9 Å². The molecule has 7 heteroatoms. The Morgan fingerprint density at radius 2 is 2.14 bits per heavy atom. The topological polar surface area (TPSA) is 79.5 Å². The molecule has 0 aliphatic heterocycles. The van der Waals surface area contributed by atoms with Gasteiger partial charge < -0.3 is 10.4 Å². The molecule has 0 aliphatic carbocycles. The molecule has 1 aromatic carbocycles. The summed E-state index contributed by atoms with van der Waals surface area (Å²) >= 11 is 3.46. The molecule has 2 N–H and O–H groups in total. The number of fused-ring (bicyclic) bond motifs is 1. The minimum absolute atomic E-state index is 0.218. The van der Waals surface area contributed by atoms with E-state index in [0.29, 0.717) is 16.9 Å². The Hall–Kier alpha value is -2.41. The largest absolute Gasteiger partial charge is 0.478 e. The van der Waals surface area contributed by atoms with Gasteiger partial charge in [-0.25, -0.2) is 14.3 Å². The Morgan fingerprint density at radius 1 is 1.36 bits per heavy atom. The van der Waals surface area contributed by atoms with Gasteiger partial charge >= 0.3 is 5.97 Å². The second-order valence-corrected chi connectivity index (χ2v) is 5.82. The highest BCUT2D eigenvalue weighted by Crippen LogP contribution is 2.27. The standard InChI is InChI=1S/C15H13BrN4O2/c1-8-5-10(3-4-12(8)16)19-14-13-9(2)11(15(21)22)6-20(13)18-7-17-14/h3-7H,1-2H3,(H,21,22)(H,17,18,19). The second kappa shape index (κ2) is 5.42. The third-order valence-corrected chi connectivity index (χ3v) is 4.37. The molecule has 0 saturated heterocycles. The van der Waals surface area contributed by atoms with E-state index in [1.807, 2.05) is 25.1 Å². The van der Waals surface area contributed by atoms with Gasteiger partial charge in [-0.05, 0) is 43.2 Å².